The summed E-state index contributed by atoms with van der Waals surface area (Å²) in [6.45, 7) is 2.25. The Morgan fingerprint density at radius 3 is 2.24 bits per heavy atom. The van der Waals surface area contributed by atoms with Crippen LogP contribution < -0.4 is 0 Å². The second-order valence-corrected chi connectivity index (χ2v) is 20.3. The molecule has 0 saturated carbocycles. The molecule has 0 bridgehead atoms. The van der Waals surface area contributed by atoms with Crippen LogP contribution in [0.15, 0.2) is 30.3 Å². The molecule has 1 aromatic carbocycles. The molecule has 0 aliphatic rings. The van der Waals surface area contributed by atoms with Gasteiger partial charge in [-0.25, -0.2) is 0 Å². The van der Waals surface area contributed by atoms with Gasteiger partial charge in [0.15, 0.2) is 0 Å². The van der Waals surface area contributed by atoms with Crippen molar-refractivity contribution >= 4 is 33.6 Å². The van der Waals surface area contributed by atoms with Gasteiger partial charge >= 0.3 is 115 Å². The molecule has 0 fully saturated rings. The van der Waals surface area contributed by atoms with Crippen molar-refractivity contribution in [2.75, 3.05) is 0 Å². The topological polar surface area (TPSA) is 0 Å². The molecule has 94 valence electrons. The SMILES string of the molecule is CCCC/C=[C](\c1ccc(Cl)cc1)[Sn]([CH3])([CH3])[CH3]. The third-order valence-electron chi connectivity index (χ3n) is 2.87. The summed E-state index contributed by atoms with van der Waals surface area (Å²) in [7, 11) is 0. The first kappa shape index (κ1) is 15.1. The normalized spacial score (nSPS) is 12.9. The van der Waals surface area contributed by atoms with Gasteiger partial charge in [-0.2, -0.15) is 0 Å². The molecule has 0 aromatic heterocycles. The Bertz CT molecular complexity index is 371. The summed E-state index contributed by atoms with van der Waals surface area (Å²) >= 11 is 3.93. The monoisotopic (exact) mass is 358 g/mol. The quantitative estimate of drug-likeness (QED) is 0.462. The van der Waals surface area contributed by atoms with Crippen LogP contribution in [0.4, 0.5) is 0 Å². The first-order chi connectivity index (χ1) is 7.95. The minimum atomic E-state index is -2.02. The summed E-state index contributed by atoms with van der Waals surface area (Å²) in [5.74, 6) is 0. The molecule has 0 aliphatic heterocycles. The first-order valence-corrected chi connectivity index (χ1v) is 16.8. The van der Waals surface area contributed by atoms with Gasteiger partial charge in [0.1, 0.15) is 0 Å². The predicted octanol–water partition coefficient (Wildman–Crippen LogP) is 5.79. The van der Waals surface area contributed by atoms with Crippen LogP contribution in [0.3, 0.4) is 0 Å². The molecule has 17 heavy (non-hydrogen) atoms. The summed E-state index contributed by atoms with van der Waals surface area (Å²) in [6.07, 6.45) is 6.24. The van der Waals surface area contributed by atoms with Gasteiger partial charge in [0.2, 0.25) is 0 Å². The molecule has 0 amide bonds. The maximum atomic E-state index is 5.96. The average molecular weight is 358 g/mol. The summed E-state index contributed by atoms with van der Waals surface area (Å²) in [4.78, 5) is 7.42. The minimum absolute atomic E-state index is 0.825. The number of allylic oxidation sites excluding steroid dienone is 1. The number of benzene rings is 1. The van der Waals surface area contributed by atoms with Crippen molar-refractivity contribution in [3.05, 3.63) is 40.9 Å². The first-order valence-electron chi connectivity index (χ1n) is 6.41. The van der Waals surface area contributed by atoms with E-state index in [1.165, 1.54) is 24.8 Å². The average Bonchev–Trinajstić information content (AvgIpc) is 2.25. The Balaban J connectivity index is 2.98. The number of rotatable bonds is 5. The van der Waals surface area contributed by atoms with Crippen LogP contribution in [-0.4, -0.2) is 18.4 Å². The third kappa shape index (κ3) is 5.05. The summed E-state index contributed by atoms with van der Waals surface area (Å²) in [5, 5.41) is 0.825. The molecule has 0 radical (unpaired) electrons. The van der Waals surface area contributed by atoms with Crippen LogP contribution in [0.25, 0.3) is 3.59 Å². The van der Waals surface area contributed by atoms with E-state index in [1.807, 2.05) is 12.1 Å². The van der Waals surface area contributed by atoms with Crippen molar-refractivity contribution in [3.63, 3.8) is 0 Å². The van der Waals surface area contributed by atoms with Gasteiger partial charge in [-0.3, -0.25) is 0 Å². The fourth-order valence-corrected chi connectivity index (χ4v) is 7.17. The van der Waals surface area contributed by atoms with E-state index in [4.69, 9.17) is 11.6 Å². The van der Waals surface area contributed by atoms with Crippen molar-refractivity contribution in [2.45, 2.75) is 41.0 Å². The molecule has 0 unspecified atom stereocenters. The molecule has 0 N–H and O–H groups in total. The van der Waals surface area contributed by atoms with E-state index in [9.17, 15) is 0 Å². The molecular weight excluding hydrogens is 334 g/mol. The Hall–Kier alpha value is 0.0487. The molecule has 0 atom stereocenters. The van der Waals surface area contributed by atoms with Crippen LogP contribution in [-0.2, 0) is 0 Å². The number of halogens is 1. The van der Waals surface area contributed by atoms with Gasteiger partial charge in [-0.05, 0) is 0 Å². The van der Waals surface area contributed by atoms with Crippen LogP contribution in [0.5, 0.6) is 0 Å². The molecule has 0 saturated heterocycles. The number of unbranched alkanes of at least 4 members (excludes halogenated alkanes) is 2. The van der Waals surface area contributed by atoms with Crippen LogP contribution >= 0.6 is 11.6 Å². The van der Waals surface area contributed by atoms with E-state index in [0.717, 1.165) is 5.02 Å². The zero-order valence-corrected chi connectivity index (χ0v) is 15.0. The van der Waals surface area contributed by atoms with E-state index in [1.54, 1.807) is 3.59 Å². The summed E-state index contributed by atoms with van der Waals surface area (Å²) < 4.78 is 1.63. The Morgan fingerprint density at radius 2 is 1.76 bits per heavy atom. The molecule has 1 aromatic rings. The molecular formula is C15H23ClSn. The van der Waals surface area contributed by atoms with Crippen molar-refractivity contribution in [3.8, 4) is 0 Å². The zero-order chi connectivity index (χ0) is 12.9. The van der Waals surface area contributed by atoms with Gasteiger partial charge < -0.3 is 0 Å². The van der Waals surface area contributed by atoms with Gasteiger partial charge in [-0.1, -0.05) is 0 Å². The fraction of sp³-hybridized carbons (Fsp3) is 0.467. The fourth-order valence-electron chi connectivity index (χ4n) is 1.94. The van der Waals surface area contributed by atoms with Crippen molar-refractivity contribution in [2.24, 2.45) is 0 Å². The van der Waals surface area contributed by atoms with Crippen LogP contribution in [0.1, 0.15) is 31.7 Å². The van der Waals surface area contributed by atoms with E-state index >= 15 is 0 Å². The van der Waals surface area contributed by atoms with Crippen LogP contribution in [0, 0.1) is 0 Å². The maximum absolute atomic E-state index is 5.96. The Kier molecular flexibility index (Phi) is 6.08. The Labute approximate surface area is 115 Å². The molecule has 0 heterocycles. The van der Waals surface area contributed by atoms with Gasteiger partial charge in [0, 0.05) is 0 Å². The van der Waals surface area contributed by atoms with E-state index in [0.29, 0.717) is 0 Å². The standard InChI is InChI=1S/C12H14Cl.3CH3.Sn/c1-2-3-4-5-6-11-7-9-12(13)10-8-11;;;;/h5,7-10H,2-4H2,1H3;3*1H3;. The van der Waals surface area contributed by atoms with E-state index in [-0.39, 0.29) is 0 Å². The molecule has 1 rings (SSSR count). The van der Waals surface area contributed by atoms with Crippen molar-refractivity contribution < 1.29 is 0 Å². The van der Waals surface area contributed by atoms with Crippen molar-refractivity contribution in [1.82, 2.24) is 0 Å². The molecule has 2 heteroatoms. The summed E-state index contributed by atoms with van der Waals surface area (Å²) in [6, 6.07) is 8.34. The second kappa shape index (κ2) is 6.84. The zero-order valence-electron chi connectivity index (χ0n) is 11.4. The van der Waals surface area contributed by atoms with Crippen LogP contribution in [0.2, 0.25) is 19.8 Å². The molecule has 0 spiro atoms. The van der Waals surface area contributed by atoms with Crippen molar-refractivity contribution in [1.29, 1.82) is 0 Å². The Morgan fingerprint density at radius 1 is 1.18 bits per heavy atom. The number of hydrogen-bond acceptors (Lipinski definition) is 0. The number of hydrogen-bond donors (Lipinski definition) is 0. The second-order valence-electron chi connectivity index (χ2n) is 5.52. The molecule has 0 nitrogen and oxygen atoms in total. The van der Waals surface area contributed by atoms with Gasteiger partial charge in [0.05, 0.1) is 0 Å². The van der Waals surface area contributed by atoms with Gasteiger partial charge in [-0.15, -0.1) is 0 Å². The predicted molar refractivity (Wildman–Crippen MR) is 82.3 cm³/mol. The summed E-state index contributed by atoms with van der Waals surface area (Å²) in [5.41, 5.74) is 1.38. The third-order valence-corrected chi connectivity index (χ3v) is 9.14. The van der Waals surface area contributed by atoms with Gasteiger partial charge in [0.25, 0.3) is 0 Å². The molecule has 0 aliphatic carbocycles. The van der Waals surface area contributed by atoms with E-state index in [2.05, 4.69) is 40.0 Å². The van der Waals surface area contributed by atoms with E-state index < -0.39 is 18.4 Å².